The van der Waals surface area contributed by atoms with Crippen LogP contribution in [0.25, 0.3) is 0 Å². The van der Waals surface area contributed by atoms with Crippen molar-refractivity contribution in [2.75, 3.05) is 0 Å². The molecule has 3 atom stereocenters. The van der Waals surface area contributed by atoms with Crippen molar-refractivity contribution in [3.8, 4) is 5.75 Å². The van der Waals surface area contributed by atoms with Crippen LogP contribution in [-0.4, -0.2) is 5.11 Å². The Hall–Kier alpha value is -3.32. The lowest BCUT2D eigenvalue weighted by molar-refractivity contribution is 0.458. The Morgan fingerprint density at radius 1 is 0.408 bits per heavy atom. The number of aryl methyl sites for hydroxylation is 3. The van der Waals surface area contributed by atoms with Crippen molar-refractivity contribution in [3.05, 3.63) is 135 Å². The molecule has 49 heavy (non-hydrogen) atoms. The molecule has 0 heterocycles. The molecule has 0 aliphatic heterocycles. The van der Waals surface area contributed by atoms with Crippen molar-refractivity contribution < 1.29 is 5.11 Å². The summed E-state index contributed by atoms with van der Waals surface area (Å²) in [5, 5.41) is 11.8. The molecular weight excluding hydrogens is 593 g/mol. The smallest absolute Gasteiger partial charge is 0.119 e. The molecule has 4 aromatic rings. The van der Waals surface area contributed by atoms with Gasteiger partial charge in [-0.25, -0.2) is 0 Å². The first kappa shape index (κ1) is 38.5. The molecule has 0 bridgehead atoms. The summed E-state index contributed by atoms with van der Waals surface area (Å²) in [4.78, 5) is 0. The Morgan fingerprint density at radius 3 is 1.14 bits per heavy atom. The quantitative estimate of drug-likeness (QED) is 0.0883. The number of hydrogen-bond acceptors (Lipinski definition) is 1. The van der Waals surface area contributed by atoms with Crippen LogP contribution in [-0.2, 0) is 38.5 Å². The molecule has 0 aromatic heterocycles. The average molecular weight is 659 g/mol. The number of hydrogen-bond donors (Lipinski definition) is 1. The molecule has 0 fully saturated rings. The van der Waals surface area contributed by atoms with Crippen LogP contribution in [0.3, 0.4) is 0 Å². The highest BCUT2D eigenvalue weighted by atomic mass is 16.3. The molecule has 0 aliphatic rings. The Kier molecular flexibility index (Phi) is 16.0. The van der Waals surface area contributed by atoms with E-state index in [-0.39, 0.29) is 11.8 Å². The summed E-state index contributed by atoms with van der Waals surface area (Å²) in [5.74, 6) is 1.30. The first-order valence-corrected chi connectivity index (χ1v) is 19.9. The third-order valence-corrected chi connectivity index (χ3v) is 10.9. The normalized spacial score (nSPS) is 13.3. The van der Waals surface area contributed by atoms with Crippen LogP contribution in [0, 0.1) is 0 Å². The molecule has 264 valence electrons. The number of phenolic OH excluding ortho intramolecular Hbond substituents is 1. The van der Waals surface area contributed by atoms with E-state index in [1.54, 1.807) is 0 Å². The predicted molar refractivity (Wildman–Crippen MR) is 213 cm³/mol. The molecule has 4 rings (SSSR count). The van der Waals surface area contributed by atoms with Crippen LogP contribution < -0.4 is 0 Å². The molecule has 0 radical (unpaired) electrons. The zero-order chi connectivity index (χ0) is 35.0. The van der Waals surface area contributed by atoms with E-state index in [1.807, 2.05) is 6.07 Å². The largest absolute Gasteiger partial charge is 0.508 e. The lowest BCUT2D eigenvalue weighted by Crippen LogP contribution is -2.14. The molecule has 0 spiro atoms. The fraction of sp³-hybridized carbons (Fsp3) is 0.500. The minimum Gasteiger partial charge on any atom is -0.508 e. The van der Waals surface area contributed by atoms with E-state index in [9.17, 15) is 5.11 Å². The number of rotatable bonds is 21. The summed E-state index contributed by atoms with van der Waals surface area (Å²) in [7, 11) is 0. The SMILES string of the molecule is CCCCCc1ccccc1CC(C)c1ccc(O)c(C(C)Cc2ccccc2CCCCC)c1C(C)Cc1ccccc1CCCCC. The van der Waals surface area contributed by atoms with Gasteiger partial charge in [-0.1, -0.05) is 159 Å². The summed E-state index contributed by atoms with van der Waals surface area (Å²) in [6.45, 7) is 14.0. The topological polar surface area (TPSA) is 20.2 Å². The minimum absolute atomic E-state index is 0.207. The summed E-state index contributed by atoms with van der Waals surface area (Å²) in [6.07, 6.45) is 17.7. The molecule has 4 aromatic carbocycles. The van der Waals surface area contributed by atoms with Gasteiger partial charge in [0.1, 0.15) is 5.75 Å². The number of phenols is 1. The maximum atomic E-state index is 11.8. The monoisotopic (exact) mass is 659 g/mol. The number of aromatic hydroxyl groups is 1. The van der Waals surface area contributed by atoms with Crippen molar-refractivity contribution in [3.63, 3.8) is 0 Å². The number of unbranched alkanes of at least 4 members (excludes halogenated alkanes) is 6. The standard InChI is InChI=1S/C48H66O/c1-7-10-13-22-39-25-16-19-28-42(39)33-36(4)45-31-32-46(49)48(38(6)35-44-30-21-18-27-41(44)24-15-12-9-3)47(45)37(5)34-43-29-20-17-26-40(43)23-14-11-8-2/h16-21,25-32,36-38,49H,7-15,22-24,33-35H2,1-6H3. The fourth-order valence-electron chi connectivity index (χ4n) is 8.14. The first-order chi connectivity index (χ1) is 23.9. The van der Waals surface area contributed by atoms with E-state index in [2.05, 4.69) is 120 Å². The van der Waals surface area contributed by atoms with Gasteiger partial charge >= 0.3 is 0 Å². The molecule has 0 amide bonds. The van der Waals surface area contributed by atoms with Crippen molar-refractivity contribution in [2.24, 2.45) is 0 Å². The van der Waals surface area contributed by atoms with Gasteiger partial charge < -0.3 is 5.11 Å². The van der Waals surface area contributed by atoms with E-state index in [0.717, 1.165) is 38.5 Å². The number of benzene rings is 4. The van der Waals surface area contributed by atoms with E-state index < -0.39 is 0 Å². The van der Waals surface area contributed by atoms with Gasteiger partial charge in [0.05, 0.1) is 0 Å². The maximum Gasteiger partial charge on any atom is 0.119 e. The van der Waals surface area contributed by atoms with Gasteiger partial charge in [0.25, 0.3) is 0 Å². The van der Waals surface area contributed by atoms with Crippen LogP contribution in [0.1, 0.15) is 167 Å². The van der Waals surface area contributed by atoms with Gasteiger partial charge in [0.15, 0.2) is 0 Å². The van der Waals surface area contributed by atoms with Crippen LogP contribution in [0.5, 0.6) is 5.75 Å². The zero-order valence-corrected chi connectivity index (χ0v) is 31.9. The van der Waals surface area contributed by atoms with Gasteiger partial charge in [-0.3, -0.25) is 0 Å². The lowest BCUT2D eigenvalue weighted by Gasteiger charge is -2.29. The van der Waals surface area contributed by atoms with Crippen molar-refractivity contribution in [1.29, 1.82) is 0 Å². The van der Waals surface area contributed by atoms with Crippen LogP contribution >= 0.6 is 0 Å². The highest BCUT2D eigenvalue weighted by Gasteiger charge is 2.26. The van der Waals surface area contributed by atoms with Gasteiger partial charge in [-0.2, -0.15) is 0 Å². The zero-order valence-electron chi connectivity index (χ0n) is 31.9. The second-order valence-electron chi connectivity index (χ2n) is 15.0. The van der Waals surface area contributed by atoms with E-state index >= 15 is 0 Å². The van der Waals surface area contributed by atoms with E-state index in [4.69, 9.17) is 0 Å². The van der Waals surface area contributed by atoms with Crippen LogP contribution in [0.2, 0.25) is 0 Å². The molecule has 1 heteroatoms. The Bertz CT molecular complexity index is 1550. The molecule has 0 aliphatic carbocycles. The van der Waals surface area contributed by atoms with Gasteiger partial charge in [-0.15, -0.1) is 0 Å². The van der Waals surface area contributed by atoms with Gasteiger partial charge in [0.2, 0.25) is 0 Å². The minimum atomic E-state index is 0.207. The third kappa shape index (κ3) is 11.1. The summed E-state index contributed by atoms with van der Waals surface area (Å²) >= 11 is 0. The van der Waals surface area contributed by atoms with Gasteiger partial charge in [0, 0.05) is 5.56 Å². The lowest BCUT2D eigenvalue weighted by atomic mass is 9.76. The second-order valence-corrected chi connectivity index (χ2v) is 15.0. The predicted octanol–water partition coefficient (Wildman–Crippen LogP) is 13.6. The molecule has 1 N–H and O–H groups in total. The molecule has 0 saturated carbocycles. The Balaban J connectivity index is 1.74. The fourth-order valence-corrected chi connectivity index (χ4v) is 8.14. The van der Waals surface area contributed by atoms with Crippen LogP contribution in [0.4, 0.5) is 0 Å². The van der Waals surface area contributed by atoms with Gasteiger partial charge in [-0.05, 0) is 126 Å². The average Bonchev–Trinajstić information content (AvgIpc) is 3.10. The molecule has 1 nitrogen and oxygen atoms in total. The van der Waals surface area contributed by atoms with Crippen LogP contribution in [0.15, 0.2) is 84.9 Å². The summed E-state index contributed by atoms with van der Waals surface area (Å²) < 4.78 is 0. The maximum absolute atomic E-state index is 11.8. The first-order valence-electron chi connectivity index (χ1n) is 19.9. The van der Waals surface area contributed by atoms with Crippen molar-refractivity contribution in [1.82, 2.24) is 0 Å². The molecule has 0 saturated heterocycles. The van der Waals surface area contributed by atoms with Crippen molar-refractivity contribution >= 4 is 0 Å². The van der Waals surface area contributed by atoms with E-state index in [0.29, 0.717) is 11.7 Å². The molecular formula is C48H66O. The van der Waals surface area contributed by atoms with Crippen molar-refractivity contribution in [2.45, 2.75) is 156 Å². The summed E-state index contributed by atoms with van der Waals surface area (Å²) in [5.41, 5.74) is 12.8. The molecule has 3 unspecified atom stereocenters. The Labute approximate surface area is 300 Å². The second kappa shape index (κ2) is 20.4. The van der Waals surface area contributed by atoms with E-state index in [1.165, 1.54) is 108 Å². The highest BCUT2D eigenvalue weighted by Crippen LogP contribution is 2.42. The summed E-state index contributed by atoms with van der Waals surface area (Å²) in [6, 6.07) is 31.6. The third-order valence-electron chi connectivity index (χ3n) is 10.9. The highest BCUT2D eigenvalue weighted by molar-refractivity contribution is 5.51. The Morgan fingerprint density at radius 2 is 0.755 bits per heavy atom.